The zero-order chi connectivity index (χ0) is 18.2. The van der Waals surface area contributed by atoms with Crippen LogP contribution < -0.4 is 4.40 Å². The first-order chi connectivity index (χ1) is 10.9. The first kappa shape index (κ1) is 6.19. The predicted octanol–water partition coefficient (Wildman–Crippen LogP) is 3.25. The van der Waals surface area contributed by atoms with Crippen LogP contribution in [-0.4, -0.2) is 20.4 Å². The van der Waals surface area contributed by atoms with E-state index < -0.39 is 33.9 Å². The maximum atomic E-state index is 8.37. The third-order valence-corrected chi connectivity index (χ3v) is 3.91. The molecule has 1 aromatic carbocycles. The molecule has 0 aliphatic rings. The van der Waals surface area contributed by atoms with E-state index in [1.165, 1.54) is 13.1 Å². The predicted molar refractivity (Wildman–Crippen MR) is 75.0 cm³/mol. The molecule has 1 nitrogen and oxygen atoms in total. The van der Waals surface area contributed by atoms with E-state index in [1.54, 1.807) is 6.07 Å². The Bertz CT molecular complexity index is 708. The van der Waals surface area contributed by atoms with Gasteiger partial charge in [0.15, 0.2) is 0 Å². The van der Waals surface area contributed by atoms with Crippen molar-refractivity contribution in [1.29, 1.82) is 0 Å². The van der Waals surface area contributed by atoms with Crippen molar-refractivity contribution in [2.45, 2.75) is 25.4 Å². The molecule has 1 aromatic heterocycles. The van der Waals surface area contributed by atoms with Gasteiger partial charge < -0.3 is 0 Å². The Hall–Kier alpha value is -1.09. The van der Waals surface area contributed by atoms with E-state index in [9.17, 15) is 0 Å². The first-order valence-electron chi connectivity index (χ1n) is 8.76. The molecule has 2 heteroatoms. The fourth-order valence-corrected chi connectivity index (χ4v) is 2.73. The van der Waals surface area contributed by atoms with Gasteiger partial charge in [-0.2, -0.15) is 0 Å². The van der Waals surface area contributed by atoms with Crippen LogP contribution in [0.2, 0.25) is 5.68 Å². The van der Waals surface area contributed by atoms with Crippen molar-refractivity contribution in [3.8, 4) is 11.3 Å². The molecule has 1 heterocycles. The van der Waals surface area contributed by atoms with Gasteiger partial charge in [0.2, 0.25) is 0 Å². The standard InChI is InChI=1S/C15H17GeN/c1-11(2)13-9-15(17-10-14(13)16-3)12-7-5-4-6-8-12/h4-11H,1-3H3/i1D3,3D3,11D. The third kappa shape index (κ3) is 2.78. The van der Waals surface area contributed by atoms with Gasteiger partial charge in [0.05, 0.1) is 0 Å². The molecule has 0 spiro atoms. The van der Waals surface area contributed by atoms with E-state index in [4.69, 9.17) is 9.60 Å². The van der Waals surface area contributed by atoms with E-state index in [1.807, 2.05) is 30.3 Å². The Balaban J connectivity index is 2.62. The van der Waals surface area contributed by atoms with Crippen LogP contribution in [0.5, 0.6) is 0 Å². The molecule has 1 unspecified atom stereocenters. The molecule has 0 aliphatic carbocycles. The summed E-state index contributed by atoms with van der Waals surface area (Å²) in [4.78, 5) is 4.30. The zero-order valence-corrected chi connectivity index (χ0v) is 11.6. The second-order valence-electron chi connectivity index (χ2n) is 3.73. The average molecular weight is 291 g/mol. The van der Waals surface area contributed by atoms with Crippen LogP contribution in [0.4, 0.5) is 0 Å². The molecule has 0 bridgehead atoms. The van der Waals surface area contributed by atoms with Crippen LogP contribution in [0.25, 0.3) is 11.3 Å². The fourth-order valence-electron chi connectivity index (χ4n) is 1.63. The van der Waals surface area contributed by atoms with Gasteiger partial charge in [-0.25, -0.2) is 0 Å². The SMILES string of the molecule is [2H][C]([2H])([2H])[Ge][c]1cnc(-c2ccccc2)cc1C([2H])(C)C([2H])([2H])[2H]. The molecule has 0 saturated heterocycles. The minimum atomic E-state index is -2.57. The molecule has 1 atom stereocenters. The van der Waals surface area contributed by atoms with Crippen molar-refractivity contribution in [3.63, 3.8) is 0 Å². The summed E-state index contributed by atoms with van der Waals surface area (Å²) in [5.74, 6) is -1.90. The van der Waals surface area contributed by atoms with Crippen molar-refractivity contribution < 1.29 is 9.60 Å². The van der Waals surface area contributed by atoms with Crippen molar-refractivity contribution in [2.75, 3.05) is 0 Å². The van der Waals surface area contributed by atoms with Gasteiger partial charge >= 0.3 is 119 Å². The number of benzene rings is 1. The van der Waals surface area contributed by atoms with Crippen molar-refractivity contribution in [2.24, 2.45) is 0 Å². The average Bonchev–Trinajstić information content (AvgIpc) is 2.45. The fraction of sp³-hybridized carbons (Fsp3) is 0.267. The number of pyridine rings is 1. The Labute approximate surface area is 120 Å². The van der Waals surface area contributed by atoms with Gasteiger partial charge in [-0.05, 0) is 0 Å². The van der Waals surface area contributed by atoms with Gasteiger partial charge in [-0.3, -0.25) is 0 Å². The Kier molecular flexibility index (Phi) is 2.00. The van der Waals surface area contributed by atoms with Crippen LogP contribution in [0, 0.1) is 0 Å². The summed E-state index contributed by atoms with van der Waals surface area (Å²) in [6.07, 6.45) is 1.43. The summed E-state index contributed by atoms with van der Waals surface area (Å²) in [6, 6.07) is 10.8. The summed E-state index contributed by atoms with van der Waals surface area (Å²) in [5.41, 5.74) is -0.586. The van der Waals surface area contributed by atoms with E-state index in [-0.39, 0.29) is 5.56 Å². The maximum absolute atomic E-state index is 8.37. The Morgan fingerprint density at radius 2 is 2.18 bits per heavy atom. The molecule has 0 amide bonds. The summed E-state index contributed by atoms with van der Waals surface area (Å²) in [5, 5.41) is 0. The van der Waals surface area contributed by atoms with Gasteiger partial charge in [-0.15, -0.1) is 0 Å². The van der Waals surface area contributed by atoms with Gasteiger partial charge in [0.1, 0.15) is 0 Å². The molecule has 86 valence electrons. The summed E-state index contributed by atoms with van der Waals surface area (Å²) in [7, 11) is 0. The van der Waals surface area contributed by atoms with Crippen molar-refractivity contribution in [3.05, 3.63) is 48.2 Å². The van der Waals surface area contributed by atoms with Crippen LogP contribution in [0.3, 0.4) is 0 Å². The van der Waals surface area contributed by atoms with E-state index in [0.29, 0.717) is 10.1 Å². The normalized spacial score (nSPS) is 21.8. The molecule has 0 saturated carbocycles. The van der Waals surface area contributed by atoms with E-state index in [0.717, 1.165) is 5.56 Å². The number of hydrogen-bond donors (Lipinski definition) is 0. The van der Waals surface area contributed by atoms with Crippen molar-refractivity contribution >= 4 is 19.8 Å². The Morgan fingerprint density at radius 3 is 2.88 bits per heavy atom. The first-order valence-corrected chi connectivity index (χ1v) is 7.36. The number of nitrogens with zero attached hydrogens (tertiary/aromatic N) is 1. The minimum absolute atomic E-state index is 0.229. The zero-order valence-electron chi connectivity index (χ0n) is 16.5. The molecular formula is C15H17GeN. The molecule has 2 rings (SSSR count). The topological polar surface area (TPSA) is 12.9 Å². The summed E-state index contributed by atoms with van der Waals surface area (Å²) in [6.45, 7) is -1.27. The van der Waals surface area contributed by atoms with Gasteiger partial charge in [0, 0.05) is 0 Å². The second kappa shape index (κ2) is 5.50. The second-order valence-corrected chi connectivity index (χ2v) is 5.39. The molecule has 0 fully saturated rings. The Morgan fingerprint density at radius 1 is 1.35 bits per heavy atom. The summed E-state index contributed by atoms with van der Waals surface area (Å²) < 4.78 is 54.3. The van der Waals surface area contributed by atoms with Crippen LogP contribution >= 0.6 is 0 Å². The number of hydrogen-bond acceptors (Lipinski definition) is 1. The van der Waals surface area contributed by atoms with Gasteiger partial charge in [0.25, 0.3) is 0 Å². The van der Waals surface area contributed by atoms with Crippen molar-refractivity contribution in [1.82, 2.24) is 4.98 Å². The van der Waals surface area contributed by atoms with Crippen LogP contribution in [0.15, 0.2) is 42.6 Å². The molecular weight excluding hydrogens is 267 g/mol. The van der Waals surface area contributed by atoms with E-state index >= 15 is 0 Å². The quantitative estimate of drug-likeness (QED) is 0.791. The molecule has 2 radical (unpaired) electrons. The molecule has 17 heavy (non-hydrogen) atoms. The summed E-state index contributed by atoms with van der Waals surface area (Å²) >= 11 is -1.62. The molecule has 0 aliphatic heterocycles. The number of rotatable bonds is 3. The van der Waals surface area contributed by atoms with Gasteiger partial charge in [-0.1, -0.05) is 0 Å². The monoisotopic (exact) mass is 292 g/mol. The molecule has 0 N–H and O–H groups in total. The third-order valence-electron chi connectivity index (χ3n) is 2.51. The van der Waals surface area contributed by atoms with Crippen LogP contribution in [0.1, 0.15) is 34.8 Å². The van der Waals surface area contributed by atoms with E-state index in [2.05, 4.69) is 4.98 Å². The number of aromatic nitrogens is 1. The molecule has 2 aromatic rings. The van der Waals surface area contributed by atoms with Crippen LogP contribution in [-0.2, 0) is 0 Å².